The van der Waals surface area contributed by atoms with E-state index in [0.717, 1.165) is 49.8 Å². The Bertz CT molecular complexity index is 717. The molecule has 0 aliphatic heterocycles. The van der Waals surface area contributed by atoms with E-state index >= 15 is 0 Å². The molecule has 0 heterocycles. The number of methoxy groups -OCH3 is 1. The number of rotatable bonds is 8. The number of para-hydroxylation sites is 1. The second-order valence-corrected chi connectivity index (χ2v) is 9.44. The van der Waals surface area contributed by atoms with Crippen LogP contribution in [0.25, 0.3) is 0 Å². The maximum atomic E-state index is 12.8. The Balaban J connectivity index is 1.40. The fourth-order valence-electron chi connectivity index (χ4n) is 6.43. The third-order valence-electron chi connectivity index (χ3n) is 6.89. The fraction of sp³-hybridized carbons (Fsp3) is 0.696. The minimum absolute atomic E-state index is 0.00116. The Kier molecular flexibility index (Phi) is 5.30. The van der Waals surface area contributed by atoms with Crippen molar-refractivity contribution in [3.05, 3.63) is 23.8 Å². The van der Waals surface area contributed by atoms with E-state index in [4.69, 9.17) is 9.47 Å². The molecule has 1 aromatic carbocycles. The molecule has 2 N–H and O–H groups in total. The molecule has 1 aromatic rings. The Labute approximate surface area is 167 Å². The molecular weight excluding hydrogens is 354 g/mol. The van der Waals surface area contributed by atoms with Gasteiger partial charge in [-0.1, -0.05) is 19.1 Å². The Morgan fingerprint density at radius 2 is 2.00 bits per heavy atom. The third kappa shape index (κ3) is 3.86. The summed E-state index contributed by atoms with van der Waals surface area (Å²) >= 11 is 0. The van der Waals surface area contributed by atoms with Gasteiger partial charge >= 0.3 is 0 Å². The Morgan fingerprint density at radius 1 is 1.25 bits per heavy atom. The fourth-order valence-corrected chi connectivity index (χ4v) is 6.43. The number of carbonyl (C=O) groups excluding carboxylic acids is 1. The minimum atomic E-state index is -0.516. The average Bonchev–Trinajstić information content (AvgIpc) is 2.62. The van der Waals surface area contributed by atoms with Crippen LogP contribution in [0.4, 0.5) is 0 Å². The number of amides is 1. The predicted octanol–water partition coefficient (Wildman–Crippen LogP) is 3.82. The predicted molar refractivity (Wildman–Crippen MR) is 107 cm³/mol. The van der Waals surface area contributed by atoms with Crippen LogP contribution in [-0.2, 0) is 11.3 Å². The van der Waals surface area contributed by atoms with Gasteiger partial charge in [0.1, 0.15) is 0 Å². The first-order valence-corrected chi connectivity index (χ1v) is 10.7. The lowest BCUT2D eigenvalue weighted by Crippen LogP contribution is -2.56. The lowest BCUT2D eigenvalue weighted by Gasteiger charge is -2.60. The second kappa shape index (κ2) is 7.58. The van der Waals surface area contributed by atoms with E-state index in [9.17, 15) is 9.90 Å². The van der Waals surface area contributed by atoms with Gasteiger partial charge in [0.25, 0.3) is 0 Å². The summed E-state index contributed by atoms with van der Waals surface area (Å²) in [5, 5.41) is 14.0. The molecule has 4 fully saturated rings. The van der Waals surface area contributed by atoms with Crippen LogP contribution in [-0.4, -0.2) is 30.3 Å². The standard InChI is InChI=1S/C23H33NO4/c1-3-7-28-21-18(5-4-6-19(21)27-2)14-24-20(25)13-22-9-16-8-17(10-22)12-23(26,11-16)15-22/h4-6,16-17,26H,3,7-15H2,1-2H3,(H,24,25). The van der Waals surface area contributed by atoms with Crippen molar-refractivity contribution in [3.8, 4) is 11.5 Å². The molecule has 28 heavy (non-hydrogen) atoms. The van der Waals surface area contributed by atoms with Crippen LogP contribution < -0.4 is 14.8 Å². The highest BCUT2D eigenvalue weighted by Gasteiger charge is 2.57. The van der Waals surface area contributed by atoms with Crippen molar-refractivity contribution in [3.63, 3.8) is 0 Å². The lowest BCUT2D eigenvalue weighted by molar-refractivity contribution is -0.169. The average molecular weight is 388 g/mol. The highest BCUT2D eigenvalue weighted by molar-refractivity contribution is 5.77. The van der Waals surface area contributed by atoms with Gasteiger partial charge in [0.2, 0.25) is 5.91 Å². The summed E-state index contributed by atoms with van der Waals surface area (Å²) in [6.07, 6.45) is 7.56. The molecule has 0 saturated heterocycles. The molecule has 0 aromatic heterocycles. The molecule has 0 spiro atoms. The lowest BCUT2D eigenvalue weighted by atomic mass is 9.47. The van der Waals surface area contributed by atoms with E-state index in [0.29, 0.717) is 37.2 Å². The van der Waals surface area contributed by atoms with Gasteiger partial charge < -0.3 is 19.9 Å². The number of benzene rings is 1. The van der Waals surface area contributed by atoms with Crippen LogP contribution in [0.1, 0.15) is 63.9 Å². The first-order valence-electron chi connectivity index (χ1n) is 10.7. The molecule has 2 atom stereocenters. The zero-order valence-electron chi connectivity index (χ0n) is 17.1. The summed E-state index contributed by atoms with van der Waals surface area (Å²) in [5.74, 6) is 2.70. The van der Waals surface area contributed by atoms with E-state index in [1.807, 2.05) is 18.2 Å². The zero-order valence-corrected chi connectivity index (χ0v) is 17.1. The summed E-state index contributed by atoms with van der Waals surface area (Å²) in [6.45, 7) is 3.12. The van der Waals surface area contributed by atoms with E-state index in [1.165, 1.54) is 6.42 Å². The van der Waals surface area contributed by atoms with Gasteiger partial charge in [0, 0.05) is 18.5 Å². The van der Waals surface area contributed by atoms with Gasteiger partial charge in [-0.3, -0.25) is 4.79 Å². The summed E-state index contributed by atoms with van der Waals surface area (Å²) in [7, 11) is 1.63. The molecule has 0 radical (unpaired) electrons. The van der Waals surface area contributed by atoms with Gasteiger partial charge in [-0.05, 0) is 68.3 Å². The highest BCUT2D eigenvalue weighted by atomic mass is 16.5. The second-order valence-electron chi connectivity index (χ2n) is 9.44. The minimum Gasteiger partial charge on any atom is -0.493 e. The summed E-state index contributed by atoms with van der Waals surface area (Å²) in [4.78, 5) is 12.8. The molecular formula is C23H33NO4. The van der Waals surface area contributed by atoms with Gasteiger partial charge in [-0.15, -0.1) is 0 Å². The van der Waals surface area contributed by atoms with Crippen LogP contribution >= 0.6 is 0 Å². The van der Waals surface area contributed by atoms with E-state index < -0.39 is 5.60 Å². The molecule has 5 rings (SSSR count). The third-order valence-corrected chi connectivity index (χ3v) is 6.89. The van der Waals surface area contributed by atoms with Crippen molar-refractivity contribution >= 4 is 5.91 Å². The van der Waals surface area contributed by atoms with Crippen molar-refractivity contribution in [2.75, 3.05) is 13.7 Å². The van der Waals surface area contributed by atoms with Crippen molar-refractivity contribution in [2.24, 2.45) is 17.3 Å². The quantitative estimate of drug-likeness (QED) is 0.712. The van der Waals surface area contributed by atoms with Gasteiger partial charge in [-0.25, -0.2) is 0 Å². The smallest absolute Gasteiger partial charge is 0.220 e. The molecule has 4 saturated carbocycles. The normalized spacial score (nSPS) is 33.0. The Hall–Kier alpha value is -1.75. The number of nitrogens with one attached hydrogen (secondary N) is 1. The largest absolute Gasteiger partial charge is 0.493 e. The first-order chi connectivity index (χ1) is 13.4. The molecule has 4 bridgehead atoms. The van der Waals surface area contributed by atoms with Crippen molar-refractivity contribution < 1.29 is 19.4 Å². The number of hydrogen-bond acceptors (Lipinski definition) is 4. The van der Waals surface area contributed by atoms with E-state index in [-0.39, 0.29) is 11.3 Å². The Morgan fingerprint density at radius 3 is 2.64 bits per heavy atom. The van der Waals surface area contributed by atoms with Crippen LogP contribution in [0.5, 0.6) is 11.5 Å². The van der Waals surface area contributed by atoms with Crippen molar-refractivity contribution in [2.45, 2.75) is 70.4 Å². The van der Waals surface area contributed by atoms with Gasteiger partial charge in [0.15, 0.2) is 11.5 Å². The van der Waals surface area contributed by atoms with Crippen molar-refractivity contribution in [1.29, 1.82) is 0 Å². The molecule has 2 unspecified atom stereocenters. The van der Waals surface area contributed by atoms with Gasteiger partial charge in [-0.2, -0.15) is 0 Å². The molecule has 4 aliphatic rings. The van der Waals surface area contributed by atoms with E-state index in [1.54, 1.807) is 7.11 Å². The summed E-state index contributed by atoms with van der Waals surface area (Å²) in [5.41, 5.74) is 0.419. The summed E-state index contributed by atoms with van der Waals surface area (Å²) < 4.78 is 11.3. The number of carbonyl (C=O) groups is 1. The van der Waals surface area contributed by atoms with Crippen LogP contribution in [0, 0.1) is 17.3 Å². The number of aliphatic hydroxyl groups is 1. The summed E-state index contributed by atoms with van der Waals surface area (Å²) in [6, 6.07) is 5.78. The van der Waals surface area contributed by atoms with Crippen LogP contribution in [0.2, 0.25) is 0 Å². The molecule has 4 aliphatic carbocycles. The van der Waals surface area contributed by atoms with Crippen LogP contribution in [0.3, 0.4) is 0 Å². The SMILES string of the molecule is CCCOc1c(CNC(=O)CC23CC4CC(CC(O)(C4)C2)C3)cccc1OC. The number of hydrogen-bond donors (Lipinski definition) is 2. The molecule has 154 valence electrons. The molecule has 1 amide bonds. The van der Waals surface area contributed by atoms with Crippen molar-refractivity contribution in [1.82, 2.24) is 5.32 Å². The topological polar surface area (TPSA) is 67.8 Å². The zero-order chi connectivity index (χ0) is 19.8. The maximum Gasteiger partial charge on any atom is 0.220 e. The first kappa shape index (κ1) is 19.6. The van der Waals surface area contributed by atoms with E-state index in [2.05, 4.69) is 12.2 Å². The maximum absolute atomic E-state index is 12.8. The monoisotopic (exact) mass is 387 g/mol. The number of ether oxygens (including phenoxy) is 2. The molecule has 5 heteroatoms. The van der Waals surface area contributed by atoms with Gasteiger partial charge in [0.05, 0.1) is 19.3 Å². The highest BCUT2D eigenvalue weighted by Crippen LogP contribution is 2.62. The molecule has 5 nitrogen and oxygen atoms in total. The van der Waals surface area contributed by atoms with Crippen LogP contribution in [0.15, 0.2) is 18.2 Å².